The van der Waals surface area contributed by atoms with E-state index in [9.17, 15) is 9.90 Å². The first-order valence-corrected chi connectivity index (χ1v) is 3.69. The van der Waals surface area contributed by atoms with Gasteiger partial charge in [0.05, 0.1) is 18.7 Å². The van der Waals surface area contributed by atoms with Crippen molar-refractivity contribution in [2.24, 2.45) is 0 Å². The summed E-state index contributed by atoms with van der Waals surface area (Å²) in [7, 11) is 0. The Labute approximate surface area is 66.3 Å². The molecule has 0 unspecified atom stereocenters. The highest BCUT2D eigenvalue weighted by Crippen LogP contribution is 2.19. The van der Waals surface area contributed by atoms with Gasteiger partial charge in [-0.2, -0.15) is 0 Å². The van der Waals surface area contributed by atoms with Gasteiger partial charge in [0, 0.05) is 0 Å². The minimum atomic E-state index is -0.656. The number of carbonyl (C=O) groups is 1. The Morgan fingerprint density at radius 2 is 2.18 bits per heavy atom. The molecule has 1 heterocycles. The first kappa shape index (κ1) is 8.27. The molecule has 0 atom stereocenters. The summed E-state index contributed by atoms with van der Waals surface area (Å²) >= 11 is 0. The van der Waals surface area contributed by atoms with Crippen LogP contribution in [-0.4, -0.2) is 34.6 Å². The Hall–Kier alpha value is -0.830. The van der Waals surface area contributed by atoms with Crippen LogP contribution in [0.25, 0.3) is 0 Å². The lowest BCUT2D eigenvalue weighted by Crippen LogP contribution is -2.61. The number of β-amino-alcohol motifs (C(OH)–C–C–N with tert-alkyl or cyclic N) is 1. The van der Waals surface area contributed by atoms with Crippen LogP contribution in [0.2, 0.25) is 0 Å². The van der Waals surface area contributed by atoms with Gasteiger partial charge in [-0.25, -0.2) is 0 Å². The molecule has 1 rings (SSSR count). The third-order valence-electron chi connectivity index (χ3n) is 1.68. The summed E-state index contributed by atoms with van der Waals surface area (Å²) in [6.07, 6.45) is 3.21. The van der Waals surface area contributed by atoms with E-state index in [1.54, 1.807) is 24.8 Å². The summed E-state index contributed by atoms with van der Waals surface area (Å²) in [4.78, 5) is 12.7. The van der Waals surface area contributed by atoms with Crippen molar-refractivity contribution in [3.63, 3.8) is 0 Å². The summed E-state index contributed by atoms with van der Waals surface area (Å²) in [5.41, 5.74) is -0.656. The smallest absolute Gasteiger partial charge is 0.246 e. The van der Waals surface area contributed by atoms with Gasteiger partial charge in [-0.3, -0.25) is 4.79 Å². The Kier molecular flexibility index (Phi) is 2.00. The van der Waals surface area contributed by atoms with E-state index in [-0.39, 0.29) is 5.91 Å². The zero-order valence-electron chi connectivity index (χ0n) is 6.87. The van der Waals surface area contributed by atoms with Gasteiger partial charge in [-0.05, 0) is 19.9 Å². The molecule has 11 heavy (non-hydrogen) atoms. The Bertz CT molecular complexity index is 188. The third kappa shape index (κ3) is 1.80. The normalized spacial score (nSPS) is 21.9. The van der Waals surface area contributed by atoms with E-state index in [2.05, 4.69) is 0 Å². The van der Waals surface area contributed by atoms with Crippen molar-refractivity contribution in [1.82, 2.24) is 4.90 Å². The van der Waals surface area contributed by atoms with Crippen LogP contribution in [0.1, 0.15) is 13.8 Å². The molecule has 1 amide bonds. The van der Waals surface area contributed by atoms with Gasteiger partial charge < -0.3 is 10.0 Å². The maximum Gasteiger partial charge on any atom is 0.246 e. The maximum atomic E-state index is 11.0. The molecule has 0 saturated carbocycles. The van der Waals surface area contributed by atoms with Crippen molar-refractivity contribution in [1.29, 1.82) is 0 Å². The fraction of sp³-hybridized carbons (Fsp3) is 0.625. The average Bonchev–Trinajstić information content (AvgIpc) is 1.83. The summed E-state index contributed by atoms with van der Waals surface area (Å²) in [6, 6.07) is 0. The van der Waals surface area contributed by atoms with Gasteiger partial charge in [0.1, 0.15) is 0 Å². The molecule has 3 nitrogen and oxygen atoms in total. The predicted molar refractivity (Wildman–Crippen MR) is 42.0 cm³/mol. The minimum Gasteiger partial charge on any atom is -0.386 e. The number of carbonyl (C=O) groups excluding carboxylic acids is 1. The third-order valence-corrected chi connectivity index (χ3v) is 1.68. The first-order valence-electron chi connectivity index (χ1n) is 3.69. The number of hydrogen-bond acceptors (Lipinski definition) is 2. The lowest BCUT2D eigenvalue weighted by molar-refractivity contribution is -0.146. The SMILES string of the molecule is CC=CC(=O)N1CC(C)(O)C1. The van der Waals surface area contributed by atoms with Crippen LogP contribution in [0.4, 0.5) is 0 Å². The average molecular weight is 155 g/mol. The molecule has 0 radical (unpaired) electrons. The quantitative estimate of drug-likeness (QED) is 0.548. The first-order chi connectivity index (χ1) is 5.05. The molecule has 62 valence electrons. The number of rotatable bonds is 1. The van der Waals surface area contributed by atoms with E-state index in [1.807, 2.05) is 0 Å². The molecule has 1 saturated heterocycles. The van der Waals surface area contributed by atoms with E-state index in [0.29, 0.717) is 13.1 Å². The topological polar surface area (TPSA) is 40.5 Å². The molecule has 0 aromatic carbocycles. The number of amides is 1. The van der Waals surface area contributed by atoms with Crippen molar-refractivity contribution in [2.45, 2.75) is 19.4 Å². The number of nitrogens with zero attached hydrogens (tertiary/aromatic N) is 1. The molecular formula is C8H13NO2. The van der Waals surface area contributed by atoms with Crippen LogP contribution < -0.4 is 0 Å². The highest BCUT2D eigenvalue weighted by atomic mass is 16.3. The second-order valence-corrected chi connectivity index (χ2v) is 3.19. The molecular weight excluding hydrogens is 142 g/mol. The monoisotopic (exact) mass is 155 g/mol. The summed E-state index contributed by atoms with van der Waals surface area (Å²) in [5.74, 6) is -0.0148. The second kappa shape index (κ2) is 2.66. The summed E-state index contributed by atoms with van der Waals surface area (Å²) in [6.45, 7) is 4.44. The van der Waals surface area contributed by atoms with Gasteiger partial charge in [0.15, 0.2) is 0 Å². The molecule has 0 spiro atoms. The fourth-order valence-corrected chi connectivity index (χ4v) is 1.18. The Morgan fingerprint density at radius 3 is 2.55 bits per heavy atom. The fourth-order valence-electron chi connectivity index (χ4n) is 1.18. The van der Waals surface area contributed by atoms with Crippen LogP contribution in [0.5, 0.6) is 0 Å². The molecule has 1 N–H and O–H groups in total. The standard InChI is InChI=1S/C8H13NO2/c1-3-4-7(10)9-5-8(2,11)6-9/h3-4,11H,5-6H2,1-2H3. The molecule has 1 aliphatic heterocycles. The van der Waals surface area contributed by atoms with E-state index in [1.165, 1.54) is 6.08 Å². The number of likely N-dealkylation sites (tertiary alicyclic amines) is 1. The van der Waals surface area contributed by atoms with Gasteiger partial charge in [-0.15, -0.1) is 0 Å². The summed E-state index contributed by atoms with van der Waals surface area (Å²) in [5, 5.41) is 9.28. The van der Waals surface area contributed by atoms with E-state index in [0.717, 1.165) is 0 Å². The van der Waals surface area contributed by atoms with Gasteiger partial charge in [-0.1, -0.05) is 6.08 Å². The lowest BCUT2D eigenvalue weighted by atomic mass is 9.97. The Morgan fingerprint density at radius 1 is 1.64 bits per heavy atom. The highest BCUT2D eigenvalue weighted by molar-refractivity contribution is 5.88. The van der Waals surface area contributed by atoms with Crippen molar-refractivity contribution in [3.05, 3.63) is 12.2 Å². The van der Waals surface area contributed by atoms with Gasteiger partial charge in [0.2, 0.25) is 5.91 Å². The molecule has 1 aliphatic rings. The van der Waals surface area contributed by atoms with Crippen LogP contribution in [-0.2, 0) is 4.79 Å². The van der Waals surface area contributed by atoms with Gasteiger partial charge in [0.25, 0.3) is 0 Å². The minimum absolute atomic E-state index is 0.0148. The van der Waals surface area contributed by atoms with Crippen molar-refractivity contribution >= 4 is 5.91 Å². The van der Waals surface area contributed by atoms with Crippen molar-refractivity contribution in [3.8, 4) is 0 Å². The van der Waals surface area contributed by atoms with E-state index >= 15 is 0 Å². The van der Waals surface area contributed by atoms with Crippen LogP contribution >= 0.6 is 0 Å². The number of allylic oxidation sites excluding steroid dienone is 1. The predicted octanol–water partition coefficient (Wildman–Crippen LogP) is 0.156. The molecule has 0 aliphatic carbocycles. The van der Waals surface area contributed by atoms with Crippen LogP contribution in [0, 0.1) is 0 Å². The molecule has 1 fully saturated rings. The van der Waals surface area contributed by atoms with E-state index < -0.39 is 5.60 Å². The number of hydrogen-bond donors (Lipinski definition) is 1. The highest BCUT2D eigenvalue weighted by Gasteiger charge is 2.38. The lowest BCUT2D eigenvalue weighted by Gasteiger charge is -2.43. The van der Waals surface area contributed by atoms with Crippen molar-refractivity contribution < 1.29 is 9.90 Å². The van der Waals surface area contributed by atoms with E-state index in [4.69, 9.17) is 0 Å². The molecule has 0 bridgehead atoms. The number of aliphatic hydroxyl groups is 1. The van der Waals surface area contributed by atoms with Gasteiger partial charge >= 0.3 is 0 Å². The molecule has 0 aromatic heterocycles. The Balaban J connectivity index is 2.38. The largest absolute Gasteiger partial charge is 0.386 e. The molecule has 0 aromatic rings. The zero-order chi connectivity index (χ0) is 8.48. The zero-order valence-corrected chi connectivity index (χ0v) is 6.87. The summed E-state index contributed by atoms with van der Waals surface area (Å²) < 4.78 is 0. The van der Waals surface area contributed by atoms with Crippen LogP contribution in [0.3, 0.4) is 0 Å². The second-order valence-electron chi connectivity index (χ2n) is 3.19. The molecule has 3 heteroatoms. The van der Waals surface area contributed by atoms with Crippen molar-refractivity contribution in [2.75, 3.05) is 13.1 Å². The van der Waals surface area contributed by atoms with Crippen LogP contribution in [0.15, 0.2) is 12.2 Å². The maximum absolute atomic E-state index is 11.0.